The highest BCUT2D eigenvalue weighted by molar-refractivity contribution is 7.17. The third-order valence-electron chi connectivity index (χ3n) is 4.10. The molecular formula is C18H17N3O2S. The first-order valence-electron chi connectivity index (χ1n) is 7.61. The molecule has 1 aromatic carbocycles. The Hall–Kier alpha value is -2.65. The number of H-pyrrole nitrogens is 1. The zero-order chi connectivity index (χ0) is 17.6. The lowest BCUT2D eigenvalue weighted by atomic mass is 9.92. The topological polar surface area (TPSA) is 89.8 Å². The van der Waals surface area contributed by atoms with Gasteiger partial charge in [-0.05, 0) is 37.5 Å². The predicted molar refractivity (Wildman–Crippen MR) is 94.6 cm³/mol. The molecule has 24 heavy (non-hydrogen) atoms. The van der Waals surface area contributed by atoms with Crippen LogP contribution in [-0.2, 0) is 0 Å². The molecule has 0 unspecified atom stereocenters. The van der Waals surface area contributed by atoms with Gasteiger partial charge in [0.25, 0.3) is 0 Å². The summed E-state index contributed by atoms with van der Waals surface area (Å²) in [4.78, 5) is 19.3. The van der Waals surface area contributed by atoms with E-state index in [2.05, 4.69) is 29.9 Å². The van der Waals surface area contributed by atoms with Gasteiger partial charge < -0.3 is 10.1 Å². The van der Waals surface area contributed by atoms with Crippen LogP contribution >= 0.6 is 11.3 Å². The molecule has 0 aliphatic carbocycles. The smallest absolute Gasteiger partial charge is 0.347 e. The van der Waals surface area contributed by atoms with E-state index >= 15 is 0 Å². The summed E-state index contributed by atoms with van der Waals surface area (Å²) in [6.45, 7) is 7.73. The number of benzene rings is 1. The first-order valence-corrected chi connectivity index (χ1v) is 8.43. The number of carbonyl (C=O) groups is 1. The van der Waals surface area contributed by atoms with Gasteiger partial charge in [0.1, 0.15) is 16.0 Å². The lowest BCUT2D eigenvalue weighted by molar-refractivity contribution is 0.0701. The van der Waals surface area contributed by atoms with Gasteiger partial charge in [0.15, 0.2) is 0 Å². The summed E-state index contributed by atoms with van der Waals surface area (Å²) in [6, 6.07) is 6.17. The maximum absolute atomic E-state index is 11.3. The van der Waals surface area contributed by atoms with Crippen LogP contribution < -0.4 is 0 Å². The number of rotatable bonds is 3. The molecule has 0 bridgehead atoms. The zero-order valence-electron chi connectivity index (χ0n) is 13.9. The van der Waals surface area contributed by atoms with Crippen LogP contribution in [0.5, 0.6) is 0 Å². The molecule has 0 saturated heterocycles. The molecule has 2 aromatic heterocycles. The van der Waals surface area contributed by atoms with Crippen LogP contribution in [0.4, 0.5) is 0 Å². The Morgan fingerprint density at radius 3 is 2.62 bits per heavy atom. The van der Waals surface area contributed by atoms with Crippen LogP contribution in [0.25, 0.3) is 21.5 Å². The largest absolute Gasteiger partial charge is 0.477 e. The predicted octanol–water partition coefficient (Wildman–Crippen LogP) is 4.60. The number of nitriles is 1. The molecule has 6 heteroatoms. The number of hydrogen-bond donors (Lipinski definition) is 2. The highest BCUT2D eigenvalue weighted by Crippen LogP contribution is 2.39. The lowest BCUT2D eigenvalue weighted by Gasteiger charge is -2.13. The number of hydrogen-bond acceptors (Lipinski definition) is 4. The lowest BCUT2D eigenvalue weighted by Crippen LogP contribution is -1.95. The van der Waals surface area contributed by atoms with Crippen LogP contribution in [0.15, 0.2) is 12.1 Å². The van der Waals surface area contributed by atoms with Crippen molar-refractivity contribution in [1.82, 2.24) is 9.97 Å². The van der Waals surface area contributed by atoms with E-state index in [-0.39, 0.29) is 10.8 Å². The number of carboxylic acids is 1. The van der Waals surface area contributed by atoms with Gasteiger partial charge in [-0.25, -0.2) is 9.78 Å². The fourth-order valence-corrected chi connectivity index (χ4v) is 4.03. The summed E-state index contributed by atoms with van der Waals surface area (Å²) >= 11 is 1.18. The van der Waals surface area contributed by atoms with E-state index in [9.17, 15) is 15.2 Å². The highest BCUT2D eigenvalue weighted by atomic mass is 32.1. The zero-order valence-corrected chi connectivity index (χ0v) is 14.7. The second-order valence-electron chi connectivity index (χ2n) is 6.08. The second kappa shape index (κ2) is 5.77. The Labute approximate surface area is 143 Å². The second-order valence-corrected chi connectivity index (χ2v) is 7.08. The van der Waals surface area contributed by atoms with E-state index in [0.29, 0.717) is 16.3 Å². The van der Waals surface area contributed by atoms with Gasteiger partial charge in [-0.15, -0.1) is 11.3 Å². The van der Waals surface area contributed by atoms with Crippen molar-refractivity contribution in [1.29, 1.82) is 5.26 Å². The Balaban J connectivity index is 2.37. The summed E-state index contributed by atoms with van der Waals surface area (Å²) < 4.78 is 0. The molecule has 2 N–H and O–H groups in total. The summed E-state index contributed by atoms with van der Waals surface area (Å²) in [5.74, 6) is -0.790. The van der Waals surface area contributed by atoms with E-state index in [1.165, 1.54) is 11.3 Å². The molecule has 0 atom stereocenters. The number of nitrogens with zero attached hydrogens (tertiary/aromatic N) is 2. The number of aryl methyl sites for hydroxylation is 2. The van der Waals surface area contributed by atoms with Gasteiger partial charge in [0.05, 0.1) is 11.3 Å². The summed E-state index contributed by atoms with van der Waals surface area (Å²) in [6.07, 6.45) is 0. The quantitative estimate of drug-likeness (QED) is 0.729. The number of aromatic amines is 1. The Bertz CT molecular complexity index is 1010. The van der Waals surface area contributed by atoms with Crippen molar-refractivity contribution < 1.29 is 9.90 Å². The minimum atomic E-state index is -0.960. The molecule has 5 nitrogen and oxygen atoms in total. The molecule has 0 aliphatic heterocycles. The van der Waals surface area contributed by atoms with Crippen molar-refractivity contribution in [2.24, 2.45) is 0 Å². The minimum Gasteiger partial charge on any atom is -0.477 e. The number of aromatic nitrogens is 2. The average molecular weight is 339 g/mol. The maximum Gasteiger partial charge on any atom is 0.347 e. The normalized spacial score (nSPS) is 11.2. The van der Waals surface area contributed by atoms with Gasteiger partial charge in [0.2, 0.25) is 0 Å². The van der Waals surface area contributed by atoms with Gasteiger partial charge in [-0.3, -0.25) is 0 Å². The van der Waals surface area contributed by atoms with Gasteiger partial charge in [0, 0.05) is 22.2 Å². The molecule has 122 valence electrons. The third kappa shape index (κ3) is 2.38. The van der Waals surface area contributed by atoms with E-state index in [1.54, 1.807) is 6.92 Å². The van der Waals surface area contributed by atoms with E-state index in [0.717, 1.165) is 27.7 Å². The van der Waals surface area contributed by atoms with Crippen LogP contribution in [0, 0.1) is 25.2 Å². The van der Waals surface area contributed by atoms with Crippen molar-refractivity contribution in [3.63, 3.8) is 0 Å². The molecular weight excluding hydrogens is 322 g/mol. The SMILES string of the molecule is Cc1nc(-c2ccc3[nH]c(C)c(C#N)c3c2C(C)C)sc1C(=O)O. The third-order valence-corrected chi connectivity index (χ3v) is 5.28. The van der Waals surface area contributed by atoms with Crippen molar-refractivity contribution in [2.75, 3.05) is 0 Å². The molecule has 0 fully saturated rings. The van der Waals surface area contributed by atoms with E-state index in [1.807, 2.05) is 19.1 Å². The minimum absolute atomic E-state index is 0.170. The summed E-state index contributed by atoms with van der Waals surface area (Å²) in [5.41, 5.74) is 4.84. The van der Waals surface area contributed by atoms with E-state index in [4.69, 9.17) is 0 Å². The van der Waals surface area contributed by atoms with E-state index < -0.39 is 5.97 Å². The fourth-order valence-electron chi connectivity index (χ4n) is 3.08. The number of fused-ring (bicyclic) bond motifs is 1. The molecule has 2 heterocycles. The maximum atomic E-state index is 11.3. The van der Waals surface area contributed by atoms with Crippen molar-refractivity contribution in [2.45, 2.75) is 33.6 Å². The van der Waals surface area contributed by atoms with Crippen LogP contribution in [-0.4, -0.2) is 21.0 Å². The molecule has 0 saturated carbocycles. The monoisotopic (exact) mass is 339 g/mol. The number of thiazole rings is 1. The summed E-state index contributed by atoms with van der Waals surface area (Å²) in [5, 5.41) is 20.4. The number of aromatic carboxylic acids is 1. The molecule has 0 radical (unpaired) electrons. The van der Waals surface area contributed by atoms with Crippen molar-refractivity contribution in [3.05, 3.63) is 39.5 Å². The molecule has 0 spiro atoms. The summed E-state index contributed by atoms with van der Waals surface area (Å²) in [7, 11) is 0. The van der Waals surface area contributed by atoms with Crippen molar-refractivity contribution in [3.8, 4) is 16.6 Å². The van der Waals surface area contributed by atoms with Gasteiger partial charge in [-0.2, -0.15) is 5.26 Å². The fraction of sp³-hybridized carbons (Fsp3) is 0.278. The highest BCUT2D eigenvalue weighted by Gasteiger charge is 2.22. The first-order chi connectivity index (χ1) is 11.3. The van der Waals surface area contributed by atoms with Gasteiger partial charge >= 0.3 is 5.97 Å². The Kier molecular flexibility index (Phi) is 3.90. The van der Waals surface area contributed by atoms with Crippen molar-refractivity contribution >= 4 is 28.2 Å². The number of nitrogens with one attached hydrogen (secondary N) is 1. The Morgan fingerprint density at radius 1 is 1.38 bits per heavy atom. The molecule has 3 aromatic rings. The average Bonchev–Trinajstić information content (AvgIpc) is 3.05. The molecule has 0 amide bonds. The van der Waals surface area contributed by atoms with Crippen LogP contribution in [0.3, 0.4) is 0 Å². The van der Waals surface area contributed by atoms with Crippen LogP contribution in [0.1, 0.15) is 52.0 Å². The first kappa shape index (κ1) is 16.2. The standard InChI is InChI=1S/C18H17N3O2S/c1-8(2)14-11(17-21-10(4)16(24-17)18(22)23)5-6-13-15(14)12(7-19)9(3)20-13/h5-6,8,20H,1-4H3,(H,22,23). The molecule has 0 aliphatic rings. The van der Waals surface area contributed by atoms with Gasteiger partial charge in [-0.1, -0.05) is 13.8 Å². The number of carboxylic acid groups (broad SMARTS) is 1. The Morgan fingerprint density at radius 2 is 2.08 bits per heavy atom. The molecule has 3 rings (SSSR count). The van der Waals surface area contributed by atoms with Crippen LogP contribution in [0.2, 0.25) is 0 Å².